The van der Waals surface area contributed by atoms with Crippen LogP contribution >= 0.6 is 11.6 Å². The van der Waals surface area contributed by atoms with E-state index in [1.165, 1.54) is 12.1 Å². The van der Waals surface area contributed by atoms with Crippen molar-refractivity contribution < 1.29 is 35.9 Å². The first-order valence-electron chi connectivity index (χ1n) is 12.1. The van der Waals surface area contributed by atoms with Crippen molar-refractivity contribution in [3.05, 3.63) is 75.5 Å². The monoisotopic (exact) mass is 613 g/mol. The molecule has 3 heterocycles. The Hall–Kier alpha value is -4.54. The van der Waals surface area contributed by atoms with Crippen LogP contribution in [0.4, 0.5) is 32.0 Å². The fourth-order valence-electron chi connectivity index (χ4n) is 3.94. The van der Waals surface area contributed by atoms with Crippen molar-refractivity contribution in [3.63, 3.8) is 0 Å². The van der Waals surface area contributed by atoms with Gasteiger partial charge in [-0.15, -0.1) is 10.2 Å². The number of alkyl halides is 6. The number of carbonyl (C=O) groups excluding carboxylic acids is 2. The first kappa shape index (κ1) is 29.0. The number of carbonyl (C=O) groups is 2. The first-order chi connectivity index (χ1) is 19.7. The fourth-order valence-corrected chi connectivity index (χ4v) is 4.22. The van der Waals surface area contributed by atoms with Crippen LogP contribution in [0.1, 0.15) is 56.3 Å². The quantitative estimate of drug-likeness (QED) is 0.294. The molecule has 0 atom stereocenters. The molecular formula is C24H18ClF6N9O2. The summed E-state index contributed by atoms with van der Waals surface area (Å²) in [6.45, 7) is 0.979. The summed E-state index contributed by atoms with van der Waals surface area (Å²) in [5.41, 5.74) is -1.46. The molecule has 3 aromatic heterocycles. The second-order valence-corrected chi connectivity index (χ2v) is 9.73. The Bertz CT molecular complexity index is 1680. The molecule has 0 spiro atoms. The minimum atomic E-state index is -4.90. The Labute approximate surface area is 236 Å². The molecule has 4 aromatic rings. The highest BCUT2D eigenvalue weighted by Crippen LogP contribution is 2.34. The normalized spacial score (nSPS) is 13.7. The number of rotatable bonds is 7. The standard InChI is InChI=1S/C24H18ClF6N9O2/c1-11-7-12(25)8-15(20(41)33-13-4-5-13)18(11)34-21(42)17-9-14(10-39-37-22(35-38-39)24(29,30)31)36-40(17)19-16(23(26,27)28)3-2-6-32-19/h2-3,6-9,13H,4-5,10H2,1H3,(H,33,41)(H,34,42). The zero-order valence-corrected chi connectivity index (χ0v) is 22.0. The summed E-state index contributed by atoms with van der Waals surface area (Å²) in [4.78, 5) is 30.7. The number of amides is 2. The van der Waals surface area contributed by atoms with Crippen molar-refractivity contribution in [2.45, 2.75) is 44.7 Å². The Balaban J connectivity index is 1.56. The van der Waals surface area contributed by atoms with E-state index in [2.05, 4.69) is 36.1 Å². The van der Waals surface area contributed by atoms with Gasteiger partial charge in [0.2, 0.25) is 0 Å². The molecule has 0 bridgehead atoms. The molecule has 0 unspecified atom stereocenters. The molecule has 1 fully saturated rings. The number of tetrazole rings is 1. The molecule has 42 heavy (non-hydrogen) atoms. The molecule has 0 radical (unpaired) electrons. The fraction of sp³-hybridized carbons (Fsp3) is 0.292. The molecule has 1 aliphatic rings. The number of hydrogen-bond donors (Lipinski definition) is 2. The third-order valence-corrected chi connectivity index (χ3v) is 6.21. The summed E-state index contributed by atoms with van der Waals surface area (Å²) in [5, 5.41) is 18.9. The number of hydrogen-bond acceptors (Lipinski definition) is 7. The van der Waals surface area contributed by atoms with Gasteiger partial charge in [0.15, 0.2) is 5.82 Å². The van der Waals surface area contributed by atoms with E-state index in [0.29, 0.717) is 15.0 Å². The predicted molar refractivity (Wildman–Crippen MR) is 133 cm³/mol. The van der Waals surface area contributed by atoms with Gasteiger partial charge in [0.05, 0.1) is 16.9 Å². The summed E-state index contributed by atoms with van der Waals surface area (Å²) in [6.07, 6.45) is -7.18. The Morgan fingerprint density at radius 3 is 2.43 bits per heavy atom. The molecule has 2 amide bonds. The maximum absolute atomic E-state index is 13.8. The van der Waals surface area contributed by atoms with Gasteiger partial charge in [0, 0.05) is 17.3 Å². The van der Waals surface area contributed by atoms with Crippen LogP contribution < -0.4 is 10.6 Å². The second kappa shape index (κ2) is 10.7. The molecule has 0 aliphatic heterocycles. The maximum Gasteiger partial charge on any atom is 0.455 e. The number of anilines is 1. The average molecular weight is 614 g/mol. The smallest absolute Gasteiger partial charge is 0.349 e. The average Bonchev–Trinajstić information content (AvgIpc) is 3.40. The highest BCUT2D eigenvalue weighted by atomic mass is 35.5. The number of halogens is 7. The van der Waals surface area contributed by atoms with Gasteiger partial charge in [-0.05, 0) is 60.9 Å². The Morgan fingerprint density at radius 2 is 1.79 bits per heavy atom. The SMILES string of the molecule is Cc1cc(Cl)cc(C(=O)NC2CC2)c1NC(=O)c1cc(Cn2nnc(C(F)(F)F)n2)nn1-c1ncccc1C(F)(F)F. The molecule has 0 saturated heterocycles. The lowest BCUT2D eigenvalue weighted by Gasteiger charge is -2.16. The maximum atomic E-state index is 13.8. The van der Waals surface area contributed by atoms with E-state index in [1.807, 2.05) is 0 Å². The van der Waals surface area contributed by atoms with Crippen molar-refractivity contribution in [2.75, 3.05) is 5.32 Å². The van der Waals surface area contributed by atoms with Crippen LogP contribution in [0.25, 0.3) is 5.82 Å². The lowest BCUT2D eigenvalue weighted by Crippen LogP contribution is -2.28. The summed E-state index contributed by atoms with van der Waals surface area (Å²) in [7, 11) is 0. The number of nitrogens with one attached hydrogen (secondary N) is 2. The summed E-state index contributed by atoms with van der Waals surface area (Å²) < 4.78 is 80.9. The number of nitrogens with zero attached hydrogens (tertiary/aromatic N) is 7. The van der Waals surface area contributed by atoms with Crippen molar-refractivity contribution in [3.8, 4) is 5.82 Å². The summed E-state index contributed by atoms with van der Waals surface area (Å²) >= 11 is 6.14. The summed E-state index contributed by atoms with van der Waals surface area (Å²) in [6, 6.07) is 5.58. The predicted octanol–water partition coefficient (Wildman–Crippen LogP) is 4.45. The van der Waals surface area contributed by atoms with Crippen molar-refractivity contribution in [2.24, 2.45) is 0 Å². The van der Waals surface area contributed by atoms with Gasteiger partial charge in [-0.1, -0.05) is 11.6 Å². The molecular weight excluding hydrogens is 596 g/mol. The minimum Gasteiger partial charge on any atom is -0.349 e. The third kappa shape index (κ3) is 6.19. The van der Waals surface area contributed by atoms with E-state index < -0.39 is 53.6 Å². The highest BCUT2D eigenvalue weighted by Gasteiger charge is 2.38. The zero-order chi connectivity index (χ0) is 30.4. The van der Waals surface area contributed by atoms with Crippen LogP contribution in [0, 0.1) is 6.92 Å². The topological polar surface area (TPSA) is 133 Å². The van der Waals surface area contributed by atoms with Crippen molar-refractivity contribution in [1.82, 2.24) is 40.3 Å². The number of pyridine rings is 1. The van der Waals surface area contributed by atoms with Crippen molar-refractivity contribution in [1.29, 1.82) is 0 Å². The number of aromatic nitrogens is 7. The van der Waals surface area contributed by atoms with Gasteiger partial charge in [0.25, 0.3) is 17.6 Å². The van der Waals surface area contributed by atoms with Crippen LogP contribution in [0.5, 0.6) is 0 Å². The Kier molecular flexibility index (Phi) is 7.38. The zero-order valence-electron chi connectivity index (χ0n) is 21.3. The molecule has 1 saturated carbocycles. The highest BCUT2D eigenvalue weighted by molar-refractivity contribution is 6.31. The van der Waals surface area contributed by atoms with E-state index in [1.54, 1.807) is 6.92 Å². The molecule has 2 N–H and O–H groups in total. The third-order valence-electron chi connectivity index (χ3n) is 5.99. The van der Waals surface area contributed by atoms with Gasteiger partial charge < -0.3 is 10.6 Å². The molecule has 1 aromatic carbocycles. The van der Waals surface area contributed by atoms with Crippen molar-refractivity contribution >= 4 is 29.1 Å². The number of benzene rings is 1. The van der Waals surface area contributed by atoms with Gasteiger partial charge in [-0.3, -0.25) is 9.59 Å². The van der Waals surface area contributed by atoms with Crippen LogP contribution in [0.2, 0.25) is 5.02 Å². The van der Waals surface area contributed by atoms with Gasteiger partial charge in [0.1, 0.15) is 17.8 Å². The Morgan fingerprint density at radius 1 is 1.05 bits per heavy atom. The van der Waals surface area contributed by atoms with E-state index >= 15 is 0 Å². The molecule has 18 heteroatoms. The van der Waals surface area contributed by atoms with Gasteiger partial charge in [-0.25, -0.2) is 9.67 Å². The number of aryl methyl sites for hydroxylation is 1. The summed E-state index contributed by atoms with van der Waals surface area (Å²) in [5.74, 6) is -3.84. The van der Waals surface area contributed by atoms with Crippen LogP contribution in [-0.4, -0.2) is 52.8 Å². The second-order valence-electron chi connectivity index (χ2n) is 9.29. The van der Waals surface area contributed by atoms with Crippen LogP contribution in [0.15, 0.2) is 36.5 Å². The first-order valence-corrected chi connectivity index (χ1v) is 12.5. The van der Waals surface area contributed by atoms with E-state index in [9.17, 15) is 35.9 Å². The van der Waals surface area contributed by atoms with E-state index in [4.69, 9.17) is 11.6 Å². The molecule has 11 nitrogen and oxygen atoms in total. The van der Waals surface area contributed by atoms with E-state index in [-0.39, 0.29) is 28.0 Å². The minimum absolute atomic E-state index is 0.0202. The lowest BCUT2D eigenvalue weighted by molar-refractivity contribution is -0.145. The van der Waals surface area contributed by atoms with Crippen LogP contribution in [0.3, 0.4) is 0 Å². The van der Waals surface area contributed by atoms with Gasteiger partial charge in [-0.2, -0.15) is 36.2 Å². The van der Waals surface area contributed by atoms with Gasteiger partial charge >= 0.3 is 12.4 Å². The molecule has 1 aliphatic carbocycles. The van der Waals surface area contributed by atoms with Crippen LogP contribution in [-0.2, 0) is 18.9 Å². The molecule has 220 valence electrons. The molecule has 5 rings (SSSR count). The lowest BCUT2D eigenvalue weighted by atomic mass is 10.1. The largest absolute Gasteiger partial charge is 0.455 e. The van der Waals surface area contributed by atoms with E-state index in [0.717, 1.165) is 37.2 Å².